The summed E-state index contributed by atoms with van der Waals surface area (Å²) < 4.78 is 0.910. The van der Waals surface area contributed by atoms with E-state index >= 15 is 0 Å². The Morgan fingerprint density at radius 3 is 2.90 bits per heavy atom. The third-order valence-electron chi connectivity index (χ3n) is 2.36. The molecule has 0 radical (unpaired) electrons. The van der Waals surface area contributed by atoms with Crippen molar-refractivity contribution in [2.24, 2.45) is 0 Å². The standard InChI is InChI=1S/C11H15N5OS3/c1-12-10-14-15-11(20-10)19-6-7-5-18-8(13-7)4-9(17)16(2)3/h5H,4,6H2,1-3H3,(H,12,14). The normalized spacial score (nSPS) is 10.6. The molecule has 0 saturated heterocycles. The molecule has 0 aliphatic rings. The molecule has 0 unspecified atom stereocenters. The lowest BCUT2D eigenvalue weighted by Crippen LogP contribution is -2.23. The van der Waals surface area contributed by atoms with Gasteiger partial charge in [0.2, 0.25) is 11.0 Å². The molecule has 2 aromatic rings. The van der Waals surface area contributed by atoms with Gasteiger partial charge in [-0.3, -0.25) is 4.79 Å². The van der Waals surface area contributed by atoms with Gasteiger partial charge in [0.15, 0.2) is 4.34 Å². The molecule has 0 spiro atoms. The first-order valence-corrected chi connectivity index (χ1v) is 8.54. The number of carbonyl (C=O) groups excluding carboxylic acids is 1. The van der Waals surface area contributed by atoms with Gasteiger partial charge in [-0.1, -0.05) is 23.1 Å². The van der Waals surface area contributed by atoms with Crippen molar-refractivity contribution in [3.63, 3.8) is 0 Å². The van der Waals surface area contributed by atoms with Crippen molar-refractivity contribution in [1.29, 1.82) is 0 Å². The Morgan fingerprint density at radius 1 is 1.45 bits per heavy atom. The van der Waals surface area contributed by atoms with Gasteiger partial charge in [0.25, 0.3) is 0 Å². The number of aromatic nitrogens is 3. The van der Waals surface area contributed by atoms with E-state index in [2.05, 4.69) is 20.5 Å². The molecule has 108 valence electrons. The largest absolute Gasteiger partial charge is 0.363 e. The van der Waals surface area contributed by atoms with E-state index in [0.29, 0.717) is 6.42 Å². The molecular weight excluding hydrogens is 314 g/mol. The molecule has 0 aliphatic heterocycles. The number of nitrogens with zero attached hydrogens (tertiary/aromatic N) is 4. The van der Waals surface area contributed by atoms with Gasteiger partial charge in [-0.2, -0.15) is 0 Å². The fourth-order valence-corrected chi connectivity index (χ4v) is 3.78. The van der Waals surface area contributed by atoms with E-state index in [4.69, 9.17) is 0 Å². The molecule has 6 nitrogen and oxygen atoms in total. The van der Waals surface area contributed by atoms with Crippen molar-refractivity contribution in [1.82, 2.24) is 20.1 Å². The molecule has 20 heavy (non-hydrogen) atoms. The maximum atomic E-state index is 11.6. The number of hydrogen-bond acceptors (Lipinski definition) is 8. The summed E-state index contributed by atoms with van der Waals surface area (Å²) in [4.78, 5) is 17.6. The summed E-state index contributed by atoms with van der Waals surface area (Å²) in [7, 11) is 5.33. The fraction of sp³-hybridized carbons (Fsp3) is 0.455. The Morgan fingerprint density at radius 2 is 2.25 bits per heavy atom. The van der Waals surface area contributed by atoms with E-state index in [1.54, 1.807) is 30.8 Å². The van der Waals surface area contributed by atoms with Gasteiger partial charge < -0.3 is 10.2 Å². The summed E-state index contributed by atoms with van der Waals surface area (Å²) in [5, 5.41) is 14.7. The first-order valence-electron chi connectivity index (χ1n) is 5.86. The number of thiazole rings is 1. The van der Waals surface area contributed by atoms with Gasteiger partial charge in [-0.15, -0.1) is 21.5 Å². The molecule has 1 amide bonds. The quantitative estimate of drug-likeness (QED) is 0.817. The highest BCUT2D eigenvalue weighted by Gasteiger charge is 2.10. The van der Waals surface area contributed by atoms with Crippen LogP contribution in [0.2, 0.25) is 0 Å². The first-order chi connectivity index (χ1) is 9.58. The Labute approximate surface area is 129 Å². The lowest BCUT2D eigenvalue weighted by Gasteiger charge is -2.07. The molecule has 0 atom stereocenters. The predicted molar refractivity (Wildman–Crippen MR) is 83.5 cm³/mol. The van der Waals surface area contributed by atoms with Crippen molar-refractivity contribution in [2.75, 3.05) is 26.5 Å². The topological polar surface area (TPSA) is 71.0 Å². The average Bonchev–Trinajstić information content (AvgIpc) is 3.04. The van der Waals surface area contributed by atoms with Crippen molar-refractivity contribution in [3.05, 3.63) is 16.1 Å². The van der Waals surface area contributed by atoms with Gasteiger partial charge in [-0.25, -0.2) is 4.98 Å². The van der Waals surface area contributed by atoms with Crippen molar-refractivity contribution in [2.45, 2.75) is 16.5 Å². The zero-order valence-electron chi connectivity index (χ0n) is 11.4. The number of amides is 1. The van der Waals surface area contributed by atoms with Crippen LogP contribution in [0.5, 0.6) is 0 Å². The summed E-state index contributed by atoms with van der Waals surface area (Å²) in [5.74, 6) is 0.812. The molecule has 0 bridgehead atoms. The summed E-state index contributed by atoms with van der Waals surface area (Å²) in [6, 6.07) is 0. The van der Waals surface area contributed by atoms with Crippen molar-refractivity contribution in [3.8, 4) is 0 Å². The maximum absolute atomic E-state index is 11.6. The molecule has 9 heteroatoms. The zero-order valence-corrected chi connectivity index (χ0v) is 13.9. The van der Waals surface area contributed by atoms with E-state index in [-0.39, 0.29) is 5.91 Å². The number of likely N-dealkylation sites (N-methyl/N-ethyl adjacent to an activating group) is 1. The van der Waals surface area contributed by atoms with Crippen LogP contribution in [-0.2, 0) is 17.0 Å². The highest BCUT2D eigenvalue weighted by Crippen LogP contribution is 2.28. The van der Waals surface area contributed by atoms with Crippen LogP contribution in [0.15, 0.2) is 9.72 Å². The minimum absolute atomic E-state index is 0.0707. The van der Waals surface area contributed by atoms with Gasteiger partial charge >= 0.3 is 0 Å². The van der Waals surface area contributed by atoms with E-state index in [0.717, 1.165) is 25.9 Å². The van der Waals surface area contributed by atoms with Crippen LogP contribution >= 0.6 is 34.4 Å². The maximum Gasteiger partial charge on any atom is 0.228 e. The van der Waals surface area contributed by atoms with Crippen LogP contribution in [0.3, 0.4) is 0 Å². The third-order valence-corrected chi connectivity index (χ3v) is 5.37. The fourth-order valence-electron chi connectivity index (χ4n) is 1.29. The van der Waals surface area contributed by atoms with Crippen molar-refractivity contribution < 1.29 is 4.79 Å². The highest BCUT2D eigenvalue weighted by molar-refractivity contribution is 8.00. The van der Waals surface area contributed by atoms with Crippen molar-refractivity contribution >= 4 is 45.5 Å². The lowest BCUT2D eigenvalue weighted by molar-refractivity contribution is -0.127. The average molecular weight is 329 g/mol. The second-order valence-corrected chi connectivity index (χ2v) is 7.25. The Balaban J connectivity index is 1.88. The third kappa shape index (κ3) is 4.15. The zero-order chi connectivity index (χ0) is 14.5. The summed E-state index contributed by atoms with van der Waals surface area (Å²) in [5.41, 5.74) is 0.975. The van der Waals surface area contributed by atoms with E-state index < -0.39 is 0 Å². The molecule has 2 rings (SSSR count). The molecule has 2 heterocycles. The molecule has 2 aromatic heterocycles. The predicted octanol–water partition coefficient (Wildman–Crippen LogP) is 1.96. The monoisotopic (exact) mass is 329 g/mol. The van der Waals surface area contributed by atoms with Crippen LogP contribution in [0, 0.1) is 0 Å². The minimum atomic E-state index is 0.0707. The van der Waals surface area contributed by atoms with Crippen LogP contribution in [0.1, 0.15) is 10.7 Å². The van der Waals surface area contributed by atoms with Crippen LogP contribution in [0.4, 0.5) is 5.13 Å². The van der Waals surface area contributed by atoms with Gasteiger partial charge in [0.1, 0.15) is 5.01 Å². The number of rotatable bonds is 6. The summed E-state index contributed by atoms with van der Waals surface area (Å²) in [6.07, 6.45) is 0.366. The number of carbonyl (C=O) groups is 1. The van der Waals surface area contributed by atoms with Gasteiger partial charge in [-0.05, 0) is 0 Å². The van der Waals surface area contributed by atoms with E-state index in [1.807, 2.05) is 12.4 Å². The second kappa shape index (κ2) is 7.00. The first kappa shape index (κ1) is 15.2. The highest BCUT2D eigenvalue weighted by atomic mass is 32.2. The van der Waals surface area contributed by atoms with Gasteiger partial charge in [0, 0.05) is 32.3 Å². The van der Waals surface area contributed by atoms with Gasteiger partial charge in [0.05, 0.1) is 12.1 Å². The molecule has 0 aliphatic carbocycles. The summed E-state index contributed by atoms with van der Waals surface area (Å²) >= 11 is 4.64. The lowest BCUT2D eigenvalue weighted by atomic mass is 10.4. The number of nitrogens with one attached hydrogen (secondary N) is 1. The SMILES string of the molecule is CNc1nnc(SCc2csc(CC(=O)N(C)C)n2)s1. The molecular formula is C11H15N5OS3. The summed E-state index contributed by atoms with van der Waals surface area (Å²) in [6.45, 7) is 0. The van der Waals surface area contributed by atoms with Crippen LogP contribution < -0.4 is 5.32 Å². The minimum Gasteiger partial charge on any atom is -0.363 e. The molecule has 0 fully saturated rings. The van der Waals surface area contributed by atoms with Crippen LogP contribution in [0.25, 0.3) is 0 Å². The Kier molecular flexibility index (Phi) is 5.32. The number of thioether (sulfide) groups is 1. The Bertz CT molecular complexity index is 580. The second-order valence-electron chi connectivity index (χ2n) is 4.11. The number of hydrogen-bond donors (Lipinski definition) is 1. The number of anilines is 1. The molecule has 0 aromatic carbocycles. The molecule has 1 N–H and O–H groups in total. The Hall–Kier alpha value is -1.19. The van der Waals surface area contributed by atoms with Crippen LogP contribution in [-0.4, -0.2) is 47.1 Å². The smallest absolute Gasteiger partial charge is 0.228 e. The van der Waals surface area contributed by atoms with E-state index in [9.17, 15) is 4.79 Å². The molecule has 0 saturated carbocycles. The van der Waals surface area contributed by atoms with E-state index in [1.165, 1.54) is 22.7 Å².